The topological polar surface area (TPSA) is 68.0 Å². The fourth-order valence-corrected chi connectivity index (χ4v) is 1.74. The van der Waals surface area contributed by atoms with Gasteiger partial charge in [0.1, 0.15) is 17.5 Å². The van der Waals surface area contributed by atoms with E-state index in [-0.39, 0.29) is 23.2 Å². The number of amides is 1. The molecule has 1 atom stereocenters. The second kappa shape index (κ2) is 5.64. The van der Waals surface area contributed by atoms with E-state index in [1.165, 1.54) is 12.1 Å². The molecule has 6 heteroatoms. The first-order chi connectivity index (χ1) is 9.47. The number of halogens is 2. The van der Waals surface area contributed by atoms with Gasteiger partial charge in [0, 0.05) is 0 Å². The molecular formula is C14H13F2N3O. The Hall–Kier alpha value is -2.50. The second-order valence-corrected chi connectivity index (χ2v) is 4.33. The highest BCUT2D eigenvalue weighted by molar-refractivity contribution is 5.98. The van der Waals surface area contributed by atoms with Crippen molar-refractivity contribution < 1.29 is 13.6 Å². The molecule has 0 aliphatic heterocycles. The average Bonchev–Trinajstić information content (AvgIpc) is 2.42. The van der Waals surface area contributed by atoms with E-state index in [4.69, 9.17) is 5.73 Å². The van der Waals surface area contributed by atoms with Crippen molar-refractivity contribution in [2.75, 3.05) is 5.73 Å². The van der Waals surface area contributed by atoms with Gasteiger partial charge < -0.3 is 11.1 Å². The molecule has 1 heterocycles. The van der Waals surface area contributed by atoms with E-state index in [9.17, 15) is 13.6 Å². The molecule has 0 radical (unpaired) electrons. The minimum Gasteiger partial charge on any atom is -0.383 e. The van der Waals surface area contributed by atoms with Crippen LogP contribution in [-0.4, -0.2) is 10.9 Å². The Bertz CT molecular complexity index is 629. The summed E-state index contributed by atoms with van der Waals surface area (Å²) in [6.07, 6.45) is 0.940. The average molecular weight is 277 g/mol. The molecule has 0 saturated heterocycles. The first-order valence-corrected chi connectivity index (χ1v) is 5.94. The Morgan fingerprint density at radius 3 is 2.55 bits per heavy atom. The highest BCUT2D eigenvalue weighted by atomic mass is 19.1. The van der Waals surface area contributed by atoms with Gasteiger partial charge in [0.15, 0.2) is 0 Å². The predicted molar refractivity (Wildman–Crippen MR) is 70.9 cm³/mol. The van der Waals surface area contributed by atoms with E-state index in [1.54, 1.807) is 19.1 Å². The largest absolute Gasteiger partial charge is 0.383 e. The number of rotatable bonds is 3. The van der Waals surface area contributed by atoms with Crippen LogP contribution in [0.5, 0.6) is 0 Å². The molecular weight excluding hydrogens is 264 g/mol. The van der Waals surface area contributed by atoms with Crippen molar-refractivity contribution in [3.63, 3.8) is 0 Å². The number of nitrogens with zero attached hydrogens (tertiary/aromatic N) is 1. The van der Waals surface area contributed by atoms with Crippen LogP contribution in [0.4, 0.5) is 14.6 Å². The van der Waals surface area contributed by atoms with E-state index in [0.717, 1.165) is 17.8 Å². The Kier molecular flexibility index (Phi) is 3.93. The van der Waals surface area contributed by atoms with Crippen molar-refractivity contribution in [3.05, 3.63) is 59.3 Å². The van der Waals surface area contributed by atoms with Gasteiger partial charge in [0.25, 0.3) is 5.91 Å². The monoisotopic (exact) mass is 277 g/mol. The van der Waals surface area contributed by atoms with Crippen LogP contribution < -0.4 is 11.1 Å². The number of hydrogen-bond acceptors (Lipinski definition) is 3. The summed E-state index contributed by atoms with van der Waals surface area (Å²) in [6.45, 7) is 1.73. The van der Waals surface area contributed by atoms with Crippen LogP contribution in [0.1, 0.15) is 28.9 Å². The van der Waals surface area contributed by atoms with Crippen LogP contribution in [0.2, 0.25) is 0 Å². The van der Waals surface area contributed by atoms with Crippen LogP contribution in [0, 0.1) is 11.6 Å². The Labute approximate surface area is 114 Å². The second-order valence-electron chi connectivity index (χ2n) is 4.33. The molecule has 2 rings (SSSR count). The summed E-state index contributed by atoms with van der Waals surface area (Å²) in [5.41, 5.74) is 6.23. The van der Waals surface area contributed by atoms with Gasteiger partial charge in [-0.05, 0) is 30.7 Å². The maximum atomic E-state index is 13.1. The summed E-state index contributed by atoms with van der Waals surface area (Å²) < 4.78 is 25.9. The highest BCUT2D eigenvalue weighted by Gasteiger charge is 2.15. The Morgan fingerprint density at radius 2 is 1.90 bits per heavy atom. The van der Waals surface area contributed by atoms with Crippen molar-refractivity contribution in [1.82, 2.24) is 10.3 Å². The Morgan fingerprint density at radius 1 is 1.25 bits per heavy atom. The summed E-state index contributed by atoms with van der Waals surface area (Å²) in [5.74, 6) is -1.58. The number of carbonyl (C=O) groups is 1. The van der Waals surface area contributed by atoms with Crippen LogP contribution in [-0.2, 0) is 0 Å². The van der Waals surface area contributed by atoms with Gasteiger partial charge in [-0.1, -0.05) is 12.1 Å². The smallest absolute Gasteiger partial charge is 0.255 e. The van der Waals surface area contributed by atoms with Crippen LogP contribution in [0.25, 0.3) is 0 Å². The lowest BCUT2D eigenvalue weighted by molar-refractivity contribution is 0.0940. The van der Waals surface area contributed by atoms with Crippen molar-refractivity contribution >= 4 is 11.7 Å². The Balaban J connectivity index is 2.15. The van der Waals surface area contributed by atoms with E-state index >= 15 is 0 Å². The van der Waals surface area contributed by atoms with Crippen LogP contribution in [0.15, 0.2) is 36.5 Å². The lowest BCUT2D eigenvalue weighted by atomic mass is 10.1. The summed E-state index contributed by atoms with van der Waals surface area (Å²) in [6, 6.07) is 6.38. The lowest BCUT2D eigenvalue weighted by Gasteiger charge is -2.15. The molecule has 0 bridgehead atoms. The summed E-state index contributed by atoms with van der Waals surface area (Å²) in [7, 11) is 0. The third kappa shape index (κ3) is 3.09. The SMILES string of the molecule is CC(NC(=O)c1cc(F)cnc1N)c1ccc(F)cc1. The standard InChI is InChI=1S/C14H13F2N3O/c1-8(9-2-4-10(15)5-3-9)19-14(20)12-6-11(16)7-18-13(12)17/h2-8H,1H3,(H2,17,18)(H,19,20). The first-order valence-electron chi connectivity index (χ1n) is 5.94. The number of benzene rings is 1. The van der Waals surface area contributed by atoms with E-state index < -0.39 is 11.7 Å². The molecule has 4 nitrogen and oxygen atoms in total. The molecule has 3 N–H and O–H groups in total. The minimum atomic E-state index is -0.640. The molecule has 20 heavy (non-hydrogen) atoms. The lowest BCUT2D eigenvalue weighted by Crippen LogP contribution is -2.27. The number of hydrogen-bond donors (Lipinski definition) is 2. The maximum absolute atomic E-state index is 13.1. The van der Waals surface area contributed by atoms with E-state index in [2.05, 4.69) is 10.3 Å². The predicted octanol–water partition coefficient (Wildman–Crippen LogP) is 2.43. The van der Waals surface area contributed by atoms with Crippen molar-refractivity contribution in [3.8, 4) is 0 Å². The third-order valence-electron chi connectivity index (χ3n) is 2.85. The summed E-state index contributed by atoms with van der Waals surface area (Å²) in [4.78, 5) is 15.6. The molecule has 1 amide bonds. The number of nitrogens with two attached hydrogens (primary N) is 1. The number of nitrogen functional groups attached to an aromatic ring is 1. The van der Waals surface area contributed by atoms with Crippen LogP contribution in [0.3, 0.4) is 0 Å². The quantitative estimate of drug-likeness (QED) is 0.905. The van der Waals surface area contributed by atoms with Crippen molar-refractivity contribution in [2.45, 2.75) is 13.0 Å². The fraction of sp³-hybridized carbons (Fsp3) is 0.143. The highest BCUT2D eigenvalue weighted by Crippen LogP contribution is 2.15. The number of pyridine rings is 1. The number of nitrogens with one attached hydrogen (secondary N) is 1. The molecule has 0 saturated carbocycles. The fourth-order valence-electron chi connectivity index (χ4n) is 1.74. The molecule has 1 aromatic heterocycles. The molecule has 0 aliphatic carbocycles. The van der Waals surface area contributed by atoms with Gasteiger partial charge in [-0.15, -0.1) is 0 Å². The zero-order valence-corrected chi connectivity index (χ0v) is 10.7. The van der Waals surface area contributed by atoms with Gasteiger partial charge in [0.2, 0.25) is 0 Å². The van der Waals surface area contributed by atoms with Crippen molar-refractivity contribution in [2.24, 2.45) is 0 Å². The molecule has 0 spiro atoms. The zero-order valence-electron chi connectivity index (χ0n) is 10.7. The zero-order chi connectivity index (χ0) is 14.7. The van der Waals surface area contributed by atoms with E-state index in [0.29, 0.717) is 0 Å². The third-order valence-corrected chi connectivity index (χ3v) is 2.85. The van der Waals surface area contributed by atoms with Gasteiger partial charge in [-0.2, -0.15) is 0 Å². The number of aromatic nitrogens is 1. The number of carbonyl (C=O) groups excluding carboxylic acids is 1. The molecule has 104 valence electrons. The normalized spacial score (nSPS) is 11.9. The molecule has 0 fully saturated rings. The molecule has 2 aromatic rings. The van der Waals surface area contributed by atoms with Gasteiger partial charge in [-0.3, -0.25) is 4.79 Å². The van der Waals surface area contributed by atoms with Gasteiger partial charge >= 0.3 is 0 Å². The van der Waals surface area contributed by atoms with Crippen molar-refractivity contribution in [1.29, 1.82) is 0 Å². The molecule has 1 aromatic carbocycles. The minimum absolute atomic E-state index is 0.0287. The van der Waals surface area contributed by atoms with Gasteiger partial charge in [-0.25, -0.2) is 13.8 Å². The number of anilines is 1. The maximum Gasteiger partial charge on any atom is 0.255 e. The van der Waals surface area contributed by atoms with Crippen LogP contribution >= 0.6 is 0 Å². The summed E-state index contributed by atoms with van der Waals surface area (Å²) in [5, 5.41) is 2.65. The summed E-state index contributed by atoms with van der Waals surface area (Å²) >= 11 is 0. The molecule has 1 unspecified atom stereocenters. The van der Waals surface area contributed by atoms with E-state index in [1.807, 2.05) is 0 Å². The molecule has 0 aliphatic rings. The van der Waals surface area contributed by atoms with Gasteiger partial charge in [0.05, 0.1) is 17.8 Å². The first kappa shape index (κ1) is 13.9.